The number of carbonyl (C=O) groups is 1. The van der Waals surface area contributed by atoms with Gasteiger partial charge in [0.1, 0.15) is 0 Å². The van der Waals surface area contributed by atoms with Crippen molar-refractivity contribution >= 4 is 5.91 Å². The molecule has 2 unspecified atom stereocenters. The Morgan fingerprint density at radius 3 is 2.86 bits per heavy atom. The summed E-state index contributed by atoms with van der Waals surface area (Å²) in [7, 11) is 2.07. The summed E-state index contributed by atoms with van der Waals surface area (Å²) in [4.78, 5) is 14.5. The van der Waals surface area contributed by atoms with E-state index < -0.39 is 0 Å². The highest BCUT2D eigenvalue weighted by Gasteiger charge is 2.31. The van der Waals surface area contributed by atoms with Crippen molar-refractivity contribution in [3.8, 4) is 0 Å². The number of rotatable bonds is 5. The Kier molecular flexibility index (Phi) is 4.29. The van der Waals surface area contributed by atoms with Crippen molar-refractivity contribution < 1.29 is 4.79 Å². The molecular formula is C18H26N2O. The van der Waals surface area contributed by atoms with E-state index in [1.165, 1.54) is 24.0 Å². The van der Waals surface area contributed by atoms with E-state index >= 15 is 0 Å². The Balaban J connectivity index is 1.58. The van der Waals surface area contributed by atoms with Gasteiger partial charge in [-0.2, -0.15) is 0 Å². The minimum atomic E-state index is 0.159. The third-order valence-corrected chi connectivity index (χ3v) is 5.10. The molecule has 0 spiro atoms. The number of fused-ring (bicyclic) bond motifs is 1. The van der Waals surface area contributed by atoms with Gasteiger partial charge < -0.3 is 5.32 Å². The summed E-state index contributed by atoms with van der Waals surface area (Å²) in [5.41, 5.74) is 2.71. The van der Waals surface area contributed by atoms with Crippen LogP contribution >= 0.6 is 0 Å². The van der Waals surface area contributed by atoms with Crippen LogP contribution in [0.5, 0.6) is 0 Å². The first-order valence-electron chi connectivity index (χ1n) is 8.22. The Morgan fingerprint density at radius 1 is 1.33 bits per heavy atom. The molecule has 0 saturated heterocycles. The van der Waals surface area contributed by atoms with Gasteiger partial charge in [0.2, 0.25) is 5.91 Å². The van der Waals surface area contributed by atoms with Crippen molar-refractivity contribution in [3.05, 3.63) is 35.4 Å². The fraction of sp³-hybridized carbons (Fsp3) is 0.611. The van der Waals surface area contributed by atoms with Crippen LogP contribution in [-0.4, -0.2) is 30.4 Å². The molecule has 2 aliphatic carbocycles. The molecule has 114 valence electrons. The Labute approximate surface area is 127 Å². The molecule has 0 radical (unpaired) electrons. The third kappa shape index (κ3) is 3.46. The van der Waals surface area contributed by atoms with Crippen molar-refractivity contribution in [2.45, 2.75) is 51.1 Å². The lowest BCUT2D eigenvalue weighted by Crippen LogP contribution is -2.42. The average molecular weight is 286 g/mol. The summed E-state index contributed by atoms with van der Waals surface area (Å²) in [6.07, 6.45) is 6.01. The Morgan fingerprint density at radius 2 is 2.10 bits per heavy atom. The van der Waals surface area contributed by atoms with Crippen LogP contribution in [0.25, 0.3) is 0 Å². The minimum Gasteiger partial charge on any atom is -0.348 e. The lowest BCUT2D eigenvalue weighted by Gasteiger charge is -2.28. The highest BCUT2D eigenvalue weighted by atomic mass is 16.2. The average Bonchev–Trinajstić information content (AvgIpc) is 3.31. The molecule has 0 bridgehead atoms. The van der Waals surface area contributed by atoms with Crippen molar-refractivity contribution in [3.63, 3.8) is 0 Å². The molecule has 3 heteroatoms. The minimum absolute atomic E-state index is 0.159. The second-order valence-electron chi connectivity index (χ2n) is 6.70. The maximum Gasteiger partial charge on any atom is 0.234 e. The Hall–Kier alpha value is -1.35. The first-order valence-corrected chi connectivity index (χ1v) is 8.22. The molecule has 1 N–H and O–H groups in total. The molecule has 3 nitrogen and oxygen atoms in total. The molecule has 1 amide bonds. The van der Waals surface area contributed by atoms with E-state index in [4.69, 9.17) is 0 Å². The van der Waals surface area contributed by atoms with Crippen molar-refractivity contribution in [1.29, 1.82) is 0 Å². The molecule has 0 aliphatic heterocycles. The van der Waals surface area contributed by atoms with Gasteiger partial charge in [-0.1, -0.05) is 24.3 Å². The maximum absolute atomic E-state index is 12.3. The van der Waals surface area contributed by atoms with Crippen molar-refractivity contribution in [1.82, 2.24) is 10.2 Å². The number of hydrogen-bond donors (Lipinski definition) is 1. The molecule has 3 rings (SSSR count). The number of amides is 1. The van der Waals surface area contributed by atoms with Crippen LogP contribution in [0.4, 0.5) is 0 Å². The van der Waals surface area contributed by atoms with Crippen LogP contribution in [0, 0.1) is 5.92 Å². The van der Waals surface area contributed by atoms with Crippen LogP contribution in [0.3, 0.4) is 0 Å². The number of nitrogens with one attached hydrogen (secondary N) is 1. The predicted octanol–water partition coefficient (Wildman–Crippen LogP) is 2.91. The molecule has 1 fully saturated rings. The van der Waals surface area contributed by atoms with Gasteiger partial charge in [0, 0.05) is 6.04 Å². The molecule has 0 aromatic heterocycles. The van der Waals surface area contributed by atoms with E-state index in [-0.39, 0.29) is 11.9 Å². The van der Waals surface area contributed by atoms with E-state index in [2.05, 4.69) is 48.5 Å². The van der Waals surface area contributed by atoms with Gasteiger partial charge in [0.25, 0.3) is 0 Å². The van der Waals surface area contributed by atoms with Gasteiger partial charge in [-0.25, -0.2) is 0 Å². The summed E-state index contributed by atoms with van der Waals surface area (Å²) in [5, 5.41) is 3.24. The summed E-state index contributed by atoms with van der Waals surface area (Å²) in [5.74, 6) is 0.963. The van der Waals surface area contributed by atoms with Crippen LogP contribution < -0.4 is 5.32 Å². The van der Waals surface area contributed by atoms with Gasteiger partial charge in [-0.3, -0.25) is 9.69 Å². The fourth-order valence-electron chi connectivity index (χ4n) is 3.45. The van der Waals surface area contributed by atoms with Gasteiger partial charge >= 0.3 is 0 Å². The molecule has 1 aromatic rings. The number of likely N-dealkylation sites (N-methyl/N-ethyl adjacent to an activating group) is 1. The highest BCUT2D eigenvalue weighted by molar-refractivity contribution is 5.78. The van der Waals surface area contributed by atoms with Gasteiger partial charge in [-0.05, 0) is 63.1 Å². The van der Waals surface area contributed by atoms with Crippen LogP contribution in [0.2, 0.25) is 0 Å². The molecule has 2 atom stereocenters. The number of hydrogen-bond acceptors (Lipinski definition) is 2. The maximum atomic E-state index is 12.3. The zero-order valence-electron chi connectivity index (χ0n) is 13.1. The number of carbonyl (C=O) groups excluding carboxylic acids is 1. The normalized spacial score (nSPS) is 22.7. The summed E-state index contributed by atoms with van der Waals surface area (Å²) in [6.45, 7) is 2.75. The fourth-order valence-corrected chi connectivity index (χ4v) is 3.45. The molecular weight excluding hydrogens is 260 g/mol. The van der Waals surface area contributed by atoms with Crippen LogP contribution in [-0.2, 0) is 11.2 Å². The molecule has 2 aliphatic rings. The van der Waals surface area contributed by atoms with E-state index in [1.54, 1.807) is 0 Å². The summed E-state index contributed by atoms with van der Waals surface area (Å²) >= 11 is 0. The largest absolute Gasteiger partial charge is 0.348 e. The molecule has 21 heavy (non-hydrogen) atoms. The number of aryl methyl sites for hydroxylation is 1. The first-order chi connectivity index (χ1) is 10.1. The highest BCUT2D eigenvalue weighted by Crippen LogP contribution is 2.34. The Bertz CT molecular complexity index is 510. The second kappa shape index (κ2) is 6.18. The van der Waals surface area contributed by atoms with E-state index in [1.807, 2.05) is 0 Å². The summed E-state index contributed by atoms with van der Waals surface area (Å²) < 4.78 is 0. The number of benzene rings is 1. The number of nitrogens with zero attached hydrogens (tertiary/aromatic N) is 1. The van der Waals surface area contributed by atoms with Crippen LogP contribution in [0.15, 0.2) is 24.3 Å². The monoisotopic (exact) mass is 286 g/mol. The topological polar surface area (TPSA) is 32.3 Å². The smallest absolute Gasteiger partial charge is 0.234 e. The SMILES string of the molecule is CC(C1CC1)N(C)CC(=O)NC1CCCc2ccccc21. The molecule has 1 aromatic carbocycles. The first kappa shape index (κ1) is 14.6. The molecule has 1 saturated carbocycles. The lowest BCUT2D eigenvalue weighted by atomic mass is 9.88. The molecule has 0 heterocycles. The zero-order chi connectivity index (χ0) is 14.8. The van der Waals surface area contributed by atoms with Gasteiger partial charge in [-0.15, -0.1) is 0 Å². The quantitative estimate of drug-likeness (QED) is 0.902. The van der Waals surface area contributed by atoms with E-state index in [0.717, 1.165) is 25.2 Å². The van der Waals surface area contributed by atoms with Crippen molar-refractivity contribution in [2.75, 3.05) is 13.6 Å². The van der Waals surface area contributed by atoms with E-state index in [9.17, 15) is 4.79 Å². The standard InChI is InChI=1S/C18H26N2O/c1-13(14-10-11-14)20(2)12-18(21)19-17-9-5-7-15-6-3-4-8-16(15)17/h3-4,6,8,13-14,17H,5,7,9-12H2,1-2H3,(H,19,21). The van der Waals surface area contributed by atoms with Crippen molar-refractivity contribution in [2.24, 2.45) is 5.92 Å². The summed E-state index contributed by atoms with van der Waals surface area (Å²) in [6, 6.07) is 9.24. The lowest BCUT2D eigenvalue weighted by molar-refractivity contribution is -0.123. The third-order valence-electron chi connectivity index (χ3n) is 5.10. The van der Waals surface area contributed by atoms with Crippen LogP contribution in [0.1, 0.15) is 49.8 Å². The van der Waals surface area contributed by atoms with Gasteiger partial charge in [0.05, 0.1) is 12.6 Å². The zero-order valence-corrected chi connectivity index (χ0v) is 13.1. The second-order valence-corrected chi connectivity index (χ2v) is 6.70. The van der Waals surface area contributed by atoms with E-state index in [0.29, 0.717) is 12.6 Å². The predicted molar refractivity (Wildman–Crippen MR) is 85.1 cm³/mol. The van der Waals surface area contributed by atoms with Gasteiger partial charge in [0.15, 0.2) is 0 Å².